The van der Waals surface area contributed by atoms with Crippen LogP contribution in [0.2, 0.25) is 0 Å². The van der Waals surface area contributed by atoms with Crippen LogP contribution in [0.5, 0.6) is 5.75 Å². The van der Waals surface area contributed by atoms with E-state index in [0.717, 1.165) is 22.6 Å². The largest absolute Gasteiger partial charge is 0.489 e. The maximum absolute atomic E-state index is 12.0. The summed E-state index contributed by atoms with van der Waals surface area (Å²) in [6, 6.07) is 27.4. The summed E-state index contributed by atoms with van der Waals surface area (Å²) in [5.41, 5.74) is 3.03. The first-order valence-electron chi connectivity index (χ1n) is 8.61. The van der Waals surface area contributed by atoms with Crippen molar-refractivity contribution in [2.45, 2.75) is 13.2 Å². The maximum atomic E-state index is 12.0. The van der Waals surface area contributed by atoms with Crippen molar-refractivity contribution in [3.63, 3.8) is 0 Å². The van der Waals surface area contributed by atoms with Gasteiger partial charge in [0.15, 0.2) is 0 Å². The van der Waals surface area contributed by atoms with Crippen LogP contribution in [-0.2, 0) is 17.9 Å². The minimum absolute atomic E-state index is 0.0705. The van der Waals surface area contributed by atoms with Gasteiger partial charge in [0.25, 0.3) is 0 Å². The highest BCUT2D eigenvalue weighted by Crippen LogP contribution is 2.17. The fourth-order valence-electron chi connectivity index (χ4n) is 2.50. The summed E-state index contributed by atoms with van der Waals surface area (Å²) >= 11 is 0. The molecule has 4 nitrogen and oxygen atoms in total. The van der Waals surface area contributed by atoms with Crippen LogP contribution < -0.4 is 15.4 Å². The van der Waals surface area contributed by atoms with Gasteiger partial charge < -0.3 is 15.4 Å². The Kier molecular flexibility index (Phi) is 6.40. The molecule has 132 valence electrons. The lowest BCUT2D eigenvalue weighted by atomic mass is 10.2. The summed E-state index contributed by atoms with van der Waals surface area (Å²) in [6.45, 7) is 1.46. The van der Waals surface area contributed by atoms with Crippen molar-refractivity contribution in [2.75, 3.05) is 11.9 Å². The summed E-state index contributed by atoms with van der Waals surface area (Å²) in [7, 11) is 0. The number of ether oxygens (including phenoxy) is 1. The van der Waals surface area contributed by atoms with Gasteiger partial charge in [-0.3, -0.25) is 4.79 Å². The number of amides is 1. The number of hydrogen-bond donors (Lipinski definition) is 2. The van der Waals surface area contributed by atoms with Crippen molar-refractivity contribution in [1.29, 1.82) is 0 Å². The molecule has 0 atom stereocenters. The van der Waals surface area contributed by atoms with Crippen LogP contribution in [0.25, 0.3) is 0 Å². The van der Waals surface area contributed by atoms with Gasteiger partial charge in [-0.25, -0.2) is 0 Å². The Bertz CT molecular complexity index is 803. The molecule has 0 aliphatic carbocycles. The van der Waals surface area contributed by atoms with E-state index in [9.17, 15) is 4.79 Å². The summed E-state index contributed by atoms with van der Waals surface area (Å²) in [5, 5.41) is 6.01. The third-order valence-corrected chi connectivity index (χ3v) is 3.84. The van der Waals surface area contributed by atoms with E-state index < -0.39 is 0 Å². The van der Waals surface area contributed by atoms with Gasteiger partial charge in [0.2, 0.25) is 5.91 Å². The highest BCUT2D eigenvalue weighted by atomic mass is 16.5. The molecule has 4 heteroatoms. The topological polar surface area (TPSA) is 50.4 Å². The van der Waals surface area contributed by atoms with E-state index in [1.54, 1.807) is 0 Å². The second kappa shape index (κ2) is 9.39. The van der Waals surface area contributed by atoms with Crippen LogP contribution in [0.1, 0.15) is 11.1 Å². The van der Waals surface area contributed by atoms with E-state index in [1.165, 1.54) is 0 Å². The average Bonchev–Trinajstić information content (AvgIpc) is 2.69. The van der Waals surface area contributed by atoms with Crippen molar-refractivity contribution in [2.24, 2.45) is 0 Å². The summed E-state index contributed by atoms with van der Waals surface area (Å²) in [6.07, 6.45) is 0. The molecule has 0 heterocycles. The molecule has 0 fully saturated rings. The lowest BCUT2D eigenvalue weighted by molar-refractivity contribution is -0.115. The highest BCUT2D eigenvalue weighted by molar-refractivity contribution is 5.92. The van der Waals surface area contributed by atoms with Crippen molar-refractivity contribution in [3.05, 3.63) is 96.1 Å². The Morgan fingerprint density at radius 1 is 0.769 bits per heavy atom. The quantitative estimate of drug-likeness (QED) is 0.648. The molecule has 0 unspecified atom stereocenters. The van der Waals surface area contributed by atoms with Gasteiger partial charge >= 0.3 is 0 Å². The van der Waals surface area contributed by atoms with Gasteiger partial charge in [0.05, 0.1) is 6.54 Å². The number of carbonyl (C=O) groups excluding carboxylic acids is 1. The Hall–Kier alpha value is -3.11. The first-order valence-corrected chi connectivity index (χ1v) is 8.61. The van der Waals surface area contributed by atoms with E-state index >= 15 is 0 Å². The molecule has 0 aliphatic rings. The summed E-state index contributed by atoms with van der Waals surface area (Å²) in [5.74, 6) is 0.702. The minimum atomic E-state index is -0.0705. The molecule has 3 rings (SSSR count). The molecule has 0 saturated carbocycles. The lowest BCUT2D eigenvalue weighted by Crippen LogP contribution is -2.27. The molecule has 0 saturated heterocycles. The molecule has 0 aromatic heterocycles. The summed E-state index contributed by atoms with van der Waals surface area (Å²) in [4.78, 5) is 12.0. The van der Waals surface area contributed by atoms with Gasteiger partial charge in [-0.05, 0) is 35.4 Å². The zero-order valence-corrected chi connectivity index (χ0v) is 14.5. The Labute approximate surface area is 153 Å². The Morgan fingerprint density at radius 3 is 2.04 bits per heavy atom. The van der Waals surface area contributed by atoms with Gasteiger partial charge in [-0.15, -0.1) is 0 Å². The maximum Gasteiger partial charge on any atom is 0.238 e. The van der Waals surface area contributed by atoms with E-state index in [1.807, 2.05) is 84.9 Å². The second-order valence-corrected chi connectivity index (χ2v) is 5.94. The van der Waals surface area contributed by atoms with Crippen molar-refractivity contribution in [3.8, 4) is 5.75 Å². The molecule has 2 N–H and O–H groups in total. The number of nitrogens with one attached hydrogen (secondary N) is 2. The average molecular weight is 346 g/mol. The van der Waals surface area contributed by atoms with Crippen LogP contribution >= 0.6 is 0 Å². The lowest BCUT2D eigenvalue weighted by Gasteiger charge is -2.09. The van der Waals surface area contributed by atoms with Gasteiger partial charge in [-0.1, -0.05) is 60.7 Å². The van der Waals surface area contributed by atoms with Crippen LogP contribution in [0.3, 0.4) is 0 Å². The van der Waals surface area contributed by atoms with E-state index in [-0.39, 0.29) is 12.5 Å². The molecular weight excluding hydrogens is 324 g/mol. The molecule has 0 bridgehead atoms. The van der Waals surface area contributed by atoms with E-state index in [2.05, 4.69) is 10.6 Å². The van der Waals surface area contributed by atoms with Crippen LogP contribution in [0.15, 0.2) is 84.9 Å². The highest BCUT2D eigenvalue weighted by Gasteiger charge is 2.03. The molecule has 0 spiro atoms. The molecule has 0 radical (unpaired) electrons. The van der Waals surface area contributed by atoms with Crippen LogP contribution in [-0.4, -0.2) is 12.5 Å². The molecule has 3 aromatic carbocycles. The normalized spacial score (nSPS) is 10.3. The first kappa shape index (κ1) is 17.7. The van der Waals surface area contributed by atoms with Gasteiger partial charge in [0, 0.05) is 12.2 Å². The predicted octanol–water partition coefficient (Wildman–Crippen LogP) is 3.99. The Morgan fingerprint density at radius 2 is 1.38 bits per heavy atom. The minimum Gasteiger partial charge on any atom is -0.489 e. The van der Waals surface area contributed by atoms with E-state index in [4.69, 9.17) is 4.74 Å². The van der Waals surface area contributed by atoms with Crippen molar-refractivity contribution >= 4 is 11.6 Å². The smallest absolute Gasteiger partial charge is 0.238 e. The fourth-order valence-corrected chi connectivity index (χ4v) is 2.50. The molecule has 0 aliphatic heterocycles. The number of rotatable bonds is 8. The monoisotopic (exact) mass is 346 g/mol. The number of carbonyl (C=O) groups is 1. The summed E-state index contributed by atoms with van der Waals surface area (Å²) < 4.78 is 5.74. The SMILES string of the molecule is O=C(CNCc1ccccc1)Nc1ccc(OCc2ccccc2)cc1. The number of hydrogen-bond acceptors (Lipinski definition) is 3. The van der Waals surface area contributed by atoms with Crippen molar-refractivity contribution < 1.29 is 9.53 Å². The third-order valence-electron chi connectivity index (χ3n) is 3.84. The fraction of sp³-hybridized carbons (Fsp3) is 0.136. The zero-order chi connectivity index (χ0) is 18.0. The van der Waals surface area contributed by atoms with Gasteiger partial charge in [-0.2, -0.15) is 0 Å². The predicted molar refractivity (Wildman–Crippen MR) is 104 cm³/mol. The Balaban J connectivity index is 1.41. The number of anilines is 1. The molecular formula is C22H22N2O2. The standard InChI is InChI=1S/C22H22N2O2/c25-22(16-23-15-18-7-3-1-4-8-18)24-20-11-13-21(14-12-20)26-17-19-9-5-2-6-10-19/h1-14,23H,15-17H2,(H,24,25). The molecule has 3 aromatic rings. The van der Waals surface area contributed by atoms with E-state index in [0.29, 0.717) is 13.2 Å². The third kappa shape index (κ3) is 5.76. The molecule has 26 heavy (non-hydrogen) atoms. The zero-order valence-electron chi connectivity index (χ0n) is 14.5. The van der Waals surface area contributed by atoms with Crippen LogP contribution in [0, 0.1) is 0 Å². The van der Waals surface area contributed by atoms with Crippen molar-refractivity contribution in [1.82, 2.24) is 5.32 Å². The molecule has 1 amide bonds. The second-order valence-electron chi connectivity index (χ2n) is 5.94. The first-order chi connectivity index (χ1) is 12.8. The number of benzene rings is 3. The van der Waals surface area contributed by atoms with Gasteiger partial charge in [0.1, 0.15) is 12.4 Å². The van der Waals surface area contributed by atoms with Crippen LogP contribution in [0.4, 0.5) is 5.69 Å².